The third-order valence-corrected chi connectivity index (χ3v) is 3.81. The van der Waals surface area contributed by atoms with E-state index in [4.69, 9.17) is 4.42 Å². The van der Waals surface area contributed by atoms with Crippen molar-refractivity contribution in [2.24, 2.45) is 0 Å². The zero-order valence-corrected chi connectivity index (χ0v) is 11.0. The topological polar surface area (TPSA) is 30.2 Å². The van der Waals surface area contributed by atoms with Crippen molar-refractivity contribution in [1.82, 2.24) is 0 Å². The van der Waals surface area contributed by atoms with Crippen molar-refractivity contribution in [3.63, 3.8) is 0 Å². The van der Waals surface area contributed by atoms with Crippen molar-refractivity contribution in [3.8, 4) is 0 Å². The SMILES string of the molecule is O=C(c1ccsc1)c1cc2cccc(Br)c2o1. The lowest BCUT2D eigenvalue weighted by Gasteiger charge is -1.92. The first kappa shape index (κ1) is 10.7. The molecule has 0 aliphatic carbocycles. The molecule has 0 saturated carbocycles. The van der Waals surface area contributed by atoms with Gasteiger partial charge in [0.05, 0.1) is 4.47 Å². The first-order chi connectivity index (χ1) is 8.25. The molecular weight excluding hydrogens is 300 g/mol. The van der Waals surface area contributed by atoms with Crippen molar-refractivity contribution in [1.29, 1.82) is 0 Å². The van der Waals surface area contributed by atoms with Gasteiger partial charge in [0.15, 0.2) is 5.76 Å². The first-order valence-electron chi connectivity index (χ1n) is 5.00. The molecule has 0 radical (unpaired) electrons. The van der Waals surface area contributed by atoms with E-state index in [0.29, 0.717) is 16.9 Å². The van der Waals surface area contributed by atoms with Crippen LogP contribution in [0.4, 0.5) is 0 Å². The lowest BCUT2D eigenvalue weighted by molar-refractivity contribution is 0.101. The lowest BCUT2D eigenvalue weighted by Crippen LogP contribution is -1.96. The van der Waals surface area contributed by atoms with Gasteiger partial charge in [-0.15, -0.1) is 0 Å². The second kappa shape index (κ2) is 4.13. The van der Waals surface area contributed by atoms with Crippen molar-refractivity contribution >= 4 is 44.0 Å². The molecule has 0 amide bonds. The fourth-order valence-electron chi connectivity index (χ4n) is 1.68. The number of carbonyl (C=O) groups is 1. The molecule has 3 rings (SSSR count). The summed E-state index contributed by atoms with van der Waals surface area (Å²) in [6.07, 6.45) is 0. The van der Waals surface area contributed by atoms with Gasteiger partial charge in [0, 0.05) is 16.3 Å². The number of carbonyl (C=O) groups excluding carboxylic acids is 1. The highest BCUT2D eigenvalue weighted by Crippen LogP contribution is 2.28. The van der Waals surface area contributed by atoms with E-state index >= 15 is 0 Å². The molecule has 0 bridgehead atoms. The molecule has 0 fully saturated rings. The predicted octanol–water partition coefficient (Wildman–Crippen LogP) is 4.49. The molecule has 0 saturated heterocycles. The fourth-order valence-corrected chi connectivity index (χ4v) is 2.77. The van der Waals surface area contributed by atoms with Crippen LogP contribution in [0.1, 0.15) is 16.1 Å². The Hall–Kier alpha value is -1.39. The van der Waals surface area contributed by atoms with Crippen LogP contribution in [0.5, 0.6) is 0 Å². The number of furan rings is 1. The molecule has 4 heteroatoms. The van der Waals surface area contributed by atoms with Gasteiger partial charge in [0.25, 0.3) is 0 Å². The van der Waals surface area contributed by atoms with Crippen molar-refractivity contribution in [2.75, 3.05) is 0 Å². The molecule has 84 valence electrons. The molecule has 0 aliphatic rings. The average Bonchev–Trinajstić information content (AvgIpc) is 2.98. The third-order valence-electron chi connectivity index (χ3n) is 2.50. The molecule has 2 heterocycles. The lowest BCUT2D eigenvalue weighted by atomic mass is 10.1. The Balaban J connectivity index is 2.13. The number of thiophene rings is 1. The number of halogens is 1. The maximum absolute atomic E-state index is 12.1. The molecule has 17 heavy (non-hydrogen) atoms. The zero-order valence-electron chi connectivity index (χ0n) is 8.64. The number of hydrogen-bond donors (Lipinski definition) is 0. The quantitative estimate of drug-likeness (QED) is 0.653. The maximum Gasteiger partial charge on any atom is 0.229 e. The first-order valence-corrected chi connectivity index (χ1v) is 6.74. The summed E-state index contributed by atoms with van der Waals surface area (Å²) < 4.78 is 6.45. The van der Waals surface area contributed by atoms with Crippen LogP contribution in [0, 0.1) is 0 Å². The molecular formula is C13H7BrO2S. The minimum Gasteiger partial charge on any atom is -0.451 e. The Labute approximate surface area is 110 Å². The smallest absolute Gasteiger partial charge is 0.229 e. The van der Waals surface area contributed by atoms with Crippen LogP contribution < -0.4 is 0 Å². The Morgan fingerprint density at radius 1 is 1.29 bits per heavy atom. The van der Waals surface area contributed by atoms with Crippen molar-refractivity contribution in [2.45, 2.75) is 0 Å². The van der Waals surface area contributed by atoms with E-state index < -0.39 is 0 Å². The summed E-state index contributed by atoms with van der Waals surface area (Å²) in [5, 5.41) is 4.63. The fraction of sp³-hybridized carbons (Fsp3) is 0. The third kappa shape index (κ3) is 1.83. The van der Waals surface area contributed by atoms with E-state index in [0.717, 1.165) is 9.86 Å². The molecule has 0 spiro atoms. The summed E-state index contributed by atoms with van der Waals surface area (Å²) in [5.74, 6) is 0.305. The summed E-state index contributed by atoms with van der Waals surface area (Å²) in [6, 6.07) is 9.31. The van der Waals surface area contributed by atoms with Crippen LogP contribution in [0.15, 0.2) is 50.0 Å². The highest BCUT2D eigenvalue weighted by Gasteiger charge is 2.15. The molecule has 0 unspecified atom stereocenters. The van der Waals surface area contributed by atoms with Gasteiger partial charge in [-0.2, -0.15) is 11.3 Å². The Morgan fingerprint density at radius 3 is 2.88 bits per heavy atom. The van der Waals surface area contributed by atoms with Gasteiger partial charge in [-0.1, -0.05) is 12.1 Å². The van der Waals surface area contributed by atoms with E-state index in [1.807, 2.05) is 29.0 Å². The summed E-state index contributed by atoms with van der Waals surface area (Å²) in [5.41, 5.74) is 1.39. The summed E-state index contributed by atoms with van der Waals surface area (Å²) >= 11 is 4.91. The van der Waals surface area contributed by atoms with E-state index in [-0.39, 0.29) is 5.78 Å². The van der Waals surface area contributed by atoms with Crippen LogP contribution in [-0.4, -0.2) is 5.78 Å². The van der Waals surface area contributed by atoms with E-state index in [2.05, 4.69) is 15.9 Å². The van der Waals surface area contributed by atoms with Crippen LogP contribution in [-0.2, 0) is 0 Å². The Kier molecular flexibility index (Phi) is 2.61. The standard InChI is InChI=1S/C13H7BrO2S/c14-10-3-1-2-8-6-11(16-13(8)10)12(15)9-4-5-17-7-9/h1-7H. The summed E-state index contributed by atoms with van der Waals surface area (Å²) in [7, 11) is 0. The average molecular weight is 307 g/mol. The van der Waals surface area contributed by atoms with Crippen LogP contribution in [0.2, 0.25) is 0 Å². The maximum atomic E-state index is 12.1. The summed E-state index contributed by atoms with van der Waals surface area (Å²) in [6.45, 7) is 0. The van der Waals surface area contributed by atoms with E-state index in [1.54, 1.807) is 12.1 Å². The van der Waals surface area contributed by atoms with Gasteiger partial charge < -0.3 is 4.42 Å². The minimum atomic E-state index is -0.0747. The van der Waals surface area contributed by atoms with Gasteiger partial charge in [-0.3, -0.25) is 4.79 Å². The molecule has 1 aromatic carbocycles. The number of rotatable bonds is 2. The molecule has 0 atom stereocenters. The van der Waals surface area contributed by atoms with Crippen LogP contribution >= 0.6 is 27.3 Å². The van der Waals surface area contributed by atoms with E-state index in [1.165, 1.54) is 11.3 Å². The van der Waals surface area contributed by atoms with Gasteiger partial charge in [0.2, 0.25) is 5.78 Å². The van der Waals surface area contributed by atoms with Crippen molar-refractivity contribution in [3.05, 3.63) is 56.9 Å². The number of benzene rings is 1. The van der Waals surface area contributed by atoms with Gasteiger partial charge in [-0.05, 0) is 39.5 Å². The number of para-hydroxylation sites is 1. The monoisotopic (exact) mass is 306 g/mol. The van der Waals surface area contributed by atoms with Crippen LogP contribution in [0.25, 0.3) is 11.0 Å². The Bertz CT molecular complexity index is 683. The molecule has 0 aliphatic heterocycles. The van der Waals surface area contributed by atoms with Gasteiger partial charge in [0.1, 0.15) is 5.58 Å². The second-order valence-corrected chi connectivity index (χ2v) is 5.24. The largest absolute Gasteiger partial charge is 0.451 e. The minimum absolute atomic E-state index is 0.0747. The summed E-state index contributed by atoms with van der Waals surface area (Å²) in [4.78, 5) is 12.1. The predicted molar refractivity (Wildman–Crippen MR) is 71.7 cm³/mol. The van der Waals surface area contributed by atoms with Crippen LogP contribution in [0.3, 0.4) is 0 Å². The normalized spacial score (nSPS) is 10.9. The number of fused-ring (bicyclic) bond motifs is 1. The second-order valence-electron chi connectivity index (χ2n) is 3.61. The zero-order chi connectivity index (χ0) is 11.8. The number of ketones is 1. The number of hydrogen-bond acceptors (Lipinski definition) is 3. The van der Waals surface area contributed by atoms with E-state index in [9.17, 15) is 4.79 Å². The van der Waals surface area contributed by atoms with Gasteiger partial charge in [-0.25, -0.2) is 0 Å². The highest BCUT2D eigenvalue weighted by molar-refractivity contribution is 9.10. The molecule has 2 nitrogen and oxygen atoms in total. The van der Waals surface area contributed by atoms with Crippen molar-refractivity contribution < 1.29 is 9.21 Å². The molecule has 0 N–H and O–H groups in total. The molecule has 2 aromatic heterocycles. The highest BCUT2D eigenvalue weighted by atomic mass is 79.9. The van der Waals surface area contributed by atoms with Gasteiger partial charge >= 0.3 is 0 Å². The molecule has 3 aromatic rings. The Morgan fingerprint density at radius 2 is 2.18 bits per heavy atom.